The smallest absolute Gasteiger partial charge is 0.339 e. The second kappa shape index (κ2) is 4.81. The van der Waals surface area contributed by atoms with Gasteiger partial charge in [-0.05, 0) is 11.6 Å². The van der Waals surface area contributed by atoms with Gasteiger partial charge in [0.15, 0.2) is 0 Å². The number of aromatic hydroxyl groups is 1. The third kappa shape index (κ3) is 1.95. The summed E-state index contributed by atoms with van der Waals surface area (Å²) in [6.07, 6.45) is 1.75. The molecule has 2 aromatic heterocycles. The summed E-state index contributed by atoms with van der Waals surface area (Å²) in [5.74, 6) is -0.161. The Morgan fingerprint density at radius 3 is 2.55 bits per heavy atom. The summed E-state index contributed by atoms with van der Waals surface area (Å²) in [4.78, 5) is 11.9. The van der Waals surface area contributed by atoms with E-state index in [1.807, 2.05) is 53.1 Å². The van der Waals surface area contributed by atoms with Crippen LogP contribution in [-0.4, -0.2) is 15.5 Å². The van der Waals surface area contributed by atoms with Crippen LogP contribution >= 0.6 is 0 Å². The number of benzene rings is 1. The monoisotopic (exact) mass is 267 g/mol. The minimum Gasteiger partial charge on any atom is -0.474 e. The number of imidazole rings is 1. The van der Waals surface area contributed by atoms with Gasteiger partial charge in [-0.3, -0.25) is 4.79 Å². The molecule has 0 saturated carbocycles. The number of rotatable bonds is 3. The Morgan fingerprint density at radius 2 is 1.85 bits per heavy atom. The SMILES string of the molecule is CC(=O)c1c(O)[n+]2ccccc2n1Cc1ccccc1. The molecule has 0 spiro atoms. The molecule has 3 aromatic rings. The van der Waals surface area contributed by atoms with Gasteiger partial charge in [-0.25, -0.2) is 4.57 Å². The van der Waals surface area contributed by atoms with Gasteiger partial charge in [0, 0.05) is 13.0 Å². The van der Waals surface area contributed by atoms with E-state index in [1.165, 1.54) is 6.92 Å². The summed E-state index contributed by atoms with van der Waals surface area (Å²) in [6.45, 7) is 2.01. The normalized spacial score (nSPS) is 10.8. The molecule has 0 aliphatic carbocycles. The molecular weight excluding hydrogens is 252 g/mol. The molecule has 100 valence electrons. The van der Waals surface area contributed by atoms with Gasteiger partial charge in [0.25, 0.3) is 11.3 Å². The first-order valence-electron chi connectivity index (χ1n) is 6.45. The number of carbonyl (C=O) groups is 1. The molecule has 3 rings (SSSR count). The molecule has 0 amide bonds. The largest absolute Gasteiger partial charge is 0.474 e. The van der Waals surface area contributed by atoms with Crippen molar-refractivity contribution in [3.05, 3.63) is 66.0 Å². The Labute approximate surface area is 116 Å². The van der Waals surface area contributed by atoms with Gasteiger partial charge in [0.1, 0.15) is 6.54 Å². The standard InChI is InChI=1S/C16H14N2O2/c1-12(19)15-16(20)17-10-6-5-9-14(17)18(15)11-13-7-3-2-4-8-13/h2-10H,11H2,1H3/p+1. The van der Waals surface area contributed by atoms with Crippen LogP contribution in [0.25, 0.3) is 5.65 Å². The first-order valence-corrected chi connectivity index (χ1v) is 6.45. The molecule has 1 N–H and O–H groups in total. The van der Waals surface area contributed by atoms with E-state index in [-0.39, 0.29) is 11.7 Å². The zero-order valence-corrected chi connectivity index (χ0v) is 11.2. The number of pyridine rings is 1. The van der Waals surface area contributed by atoms with E-state index >= 15 is 0 Å². The first-order chi connectivity index (χ1) is 9.68. The van der Waals surface area contributed by atoms with Crippen LogP contribution in [-0.2, 0) is 6.54 Å². The van der Waals surface area contributed by atoms with Crippen molar-refractivity contribution in [2.24, 2.45) is 0 Å². The summed E-state index contributed by atoms with van der Waals surface area (Å²) in [6, 6.07) is 15.5. The lowest BCUT2D eigenvalue weighted by Gasteiger charge is -2.00. The molecule has 0 bridgehead atoms. The fraction of sp³-hybridized carbons (Fsp3) is 0.125. The van der Waals surface area contributed by atoms with Crippen molar-refractivity contribution in [1.29, 1.82) is 0 Å². The van der Waals surface area contributed by atoms with Crippen LogP contribution in [0.2, 0.25) is 0 Å². The summed E-state index contributed by atoms with van der Waals surface area (Å²) in [5, 5.41) is 10.2. The lowest BCUT2D eigenvalue weighted by Crippen LogP contribution is -2.19. The fourth-order valence-electron chi connectivity index (χ4n) is 2.46. The molecule has 0 aliphatic heterocycles. The minimum atomic E-state index is -0.151. The van der Waals surface area contributed by atoms with E-state index < -0.39 is 0 Å². The second-order valence-electron chi connectivity index (χ2n) is 4.73. The van der Waals surface area contributed by atoms with Crippen molar-refractivity contribution in [2.45, 2.75) is 13.5 Å². The topological polar surface area (TPSA) is 46.3 Å². The highest BCUT2D eigenvalue weighted by atomic mass is 16.3. The molecule has 0 atom stereocenters. The molecule has 0 unspecified atom stereocenters. The number of ketones is 1. The molecule has 1 aromatic carbocycles. The first kappa shape index (κ1) is 12.4. The highest BCUT2D eigenvalue weighted by molar-refractivity contribution is 5.94. The van der Waals surface area contributed by atoms with Gasteiger partial charge in [0.2, 0.25) is 5.78 Å². The van der Waals surface area contributed by atoms with Gasteiger partial charge < -0.3 is 5.11 Å². The zero-order chi connectivity index (χ0) is 14.1. The van der Waals surface area contributed by atoms with Crippen LogP contribution in [0.1, 0.15) is 23.0 Å². The zero-order valence-electron chi connectivity index (χ0n) is 11.2. The maximum Gasteiger partial charge on any atom is 0.339 e. The van der Waals surface area contributed by atoms with E-state index in [1.54, 1.807) is 10.6 Å². The van der Waals surface area contributed by atoms with Crippen molar-refractivity contribution < 1.29 is 14.3 Å². The molecule has 20 heavy (non-hydrogen) atoms. The van der Waals surface area contributed by atoms with Crippen molar-refractivity contribution in [2.75, 3.05) is 0 Å². The van der Waals surface area contributed by atoms with E-state index in [9.17, 15) is 9.90 Å². The molecule has 2 heterocycles. The predicted octanol–water partition coefficient (Wildman–Crippen LogP) is 2.18. The minimum absolute atomic E-state index is 0.0102. The highest BCUT2D eigenvalue weighted by Gasteiger charge is 2.28. The molecule has 4 heteroatoms. The Kier molecular flexibility index (Phi) is 2.99. The number of aromatic nitrogens is 2. The Morgan fingerprint density at radius 1 is 1.15 bits per heavy atom. The number of Topliss-reactive ketones (excluding diaryl/α,β-unsaturated/α-hetero) is 1. The summed E-state index contributed by atoms with van der Waals surface area (Å²) in [7, 11) is 0. The Bertz CT molecular complexity index is 776. The molecular formula is C16H15N2O2+. The molecule has 0 aliphatic rings. The molecule has 4 nitrogen and oxygen atoms in total. The number of hydrogen-bond acceptors (Lipinski definition) is 2. The maximum atomic E-state index is 11.9. The highest BCUT2D eigenvalue weighted by Crippen LogP contribution is 2.19. The van der Waals surface area contributed by atoms with Gasteiger partial charge >= 0.3 is 5.88 Å². The lowest BCUT2D eigenvalue weighted by atomic mass is 10.2. The fourth-order valence-corrected chi connectivity index (χ4v) is 2.46. The van der Waals surface area contributed by atoms with Crippen LogP contribution in [0.3, 0.4) is 0 Å². The van der Waals surface area contributed by atoms with E-state index in [4.69, 9.17) is 0 Å². The average Bonchev–Trinajstić information content (AvgIpc) is 2.74. The van der Waals surface area contributed by atoms with Crippen LogP contribution < -0.4 is 4.40 Å². The third-order valence-electron chi connectivity index (χ3n) is 3.34. The molecule has 0 saturated heterocycles. The van der Waals surface area contributed by atoms with Crippen LogP contribution in [0.4, 0.5) is 0 Å². The summed E-state index contributed by atoms with van der Waals surface area (Å²) in [5.41, 5.74) is 2.20. The van der Waals surface area contributed by atoms with Gasteiger partial charge in [0.05, 0.1) is 6.20 Å². The average molecular weight is 267 g/mol. The van der Waals surface area contributed by atoms with Crippen molar-refractivity contribution in [1.82, 2.24) is 4.57 Å². The second-order valence-corrected chi connectivity index (χ2v) is 4.73. The van der Waals surface area contributed by atoms with Crippen molar-refractivity contribution in [3.8, 4) is 5.88 Å². The van der Waals surface area contributed by atoms with Crippen LogP contribution in [0.15, 0.2) is 54.7 Å². The molecule has 0 radical (unpaired) electrons. The Balaban J connectivity index is 2.22. The molecule has 0 fully saturated rings. The van der Waals surface area contributed by atoms with Crippen LogP contribution in [0, 0.1) is 0 Å². The maximum absolute atomic E-state index is 11.9. The van der Waals surface area contributed by atoms with E-state index in [0.717, 1.165) is 11.2 Å². The predicted molar refractivity (Wildman–Crippen MR) is 74.8 cm³/mol. The van der Waals surface area contributed by atoms with E-state index in [0.29, 0.717) is 12.2 Å². The Hall–Kier alpha value is -2.62. The van der Waals surface area contributed by atoms with E-state index in [2.05, 4.69) is 0 Å². The summed E-state index contributed by atoms with van der Waals surface area (Å²) >= 11 is 0. The number of hydrogen-bond donors (Lipinski definition) is 1. The van der Waals surface area contributed by atoms with Gasteiger partial charge in [-0.15, -0.1) is 0 Å². The van der Waals surface area contributed by atoms with Crippen molar-refractivity contribution >= 4 is 11.4 Å². The summed E-state index contributed by atoms with van der Waals surface area (Å²) < 4.78 is 3.46. The third-order valence-corrected chi connectivity index (χ3v) is 3.34. The van der Waals surface area contributed by atoms with Gasteiger partial charge in [-0.1, -0.05) is 36.4 Å². The number of fused-ring (bicyclic) bond motifs is 1. The number of nitrogens with zero attached hydrogens (tertiary/aromatic N) is 2. The lowest BCUT2D eigenvalue weighted by molar-refractivity contribution is -0.521. The van der Waals surface area contributed by atoms with Crippen LogP contribution in [0.5, 0.6) is 5.88 Å². The van der Waals surface area contributed by atoms with Gasteiger partial charge in [-0.2, -0.15) is 4.40 Å². The number of carbonyl (C=O) groups excluding carboxylic acids is 1. The van der Waals surface area contributed by atoms with Crippen molar-refractivity contribution in [3.63, 3.8) is 0 Å². The quantitative estimate of drug-likeness (QED) is 0.584.